The van der Waals surface area contributed by atoms with E-state index >= 15 is 0 Å². The van der Waals surface area contributed by atoms with Crippen molar-refractivity contribution >= 4 is 5.69 Å². The zero-order chi connectivity index (χ0) is 16.1. The van der Waals surface area contributed by atoms with E-state index in [4.69, 9.17) is 4.74 Å². The molecule has 0 saturated heterocycles. The van der Waals surface area contributed by atoms with Crippen molar-refractivity contribution in [3.8, 4) is 17.1 Å². The van der Waals surface area contributed by atoms with E-state index in [0.717, 1.165) is 29.4 Å². The van der Waals surface area contributed by atoms with Gasteiger partial charge in [-0.3, -0.25) is 5.10 Å². The zero-order valence-corrected chi connectivity index (χ0v) is 13.3. The molecule has 1 aromatic heterocycles. The zero-order valence-electron chi connectivity index (χ0n) is 13.3. The summed E-state index contributed by atoms with van der Waals surface area (Å²) in [5.74, 6) is 1.68. The second kappa shape index (κ2) is 6.96. The van der Waals surface area contributed by atoms with Crippen LogP contribution < -0.4 is 10.1 Å². The predicted molar refractivity (Wildman–Crippen MR) is 91.5 cm³/mol. The first kappa shape index (κ1) is 15.1. The monoisotopic (exact) mass is 308 g/mol. The number of anilines is 1. The van der Waals surface area contributed by atoms with Crippen LogP contribution in [0.2, 0.25) is 0 Å². The third-order valence-corrected chi connectivity index (χ3v) is 3.68. The van der Waals surface area contributed by atoms with Gasteiger partial charge in [0.15, 0.2) is 5.82 Å². The molecule has 0 aliphatic carbocycles. The highest BCUT2D eigenvalue weighted by atomic mass is 16.5. The molecule has 0 aliphatic rings. The molecule has 0 radical (unpaired) electrons. The van der Waals surface area contributed by atoms with Gasteiger partial charge in [0.05, 0.1) is 6.61 Å². The molecule has 23 heavy (non-hydrogen) atoms. The molecule has 118 valence electrons. The smallest absolute Gasteiger partial charge is 0.155 e. The first-order valence-electron chi connectivity index (χ1n) is 7.68. The highest BCUT2D eigenvalue weighted by Crippen LogP contribution is 2.20. The van der Waals surface area contributed by atoms with E-state index in [-0.39, 0.29) is 0 Å². The molecule has 5 heteroatoms. The van der Waals surface area contributed by atoms with Crippen LogP contribution >= 0.6 is 0 Å². The van der Waals surface area contributed by atoms with Crippen LogP contribution in [0.15, 0.2) is 48.8 Å². The number of ether oxygens (including phenoxy) is 1. The summed E-state index contributed by atoms with van der Waals surface area (Å²) in [7, 11) is 0. The van der Waals surface area contributed by atoms with Crippen molar-refractivity contribution in [3.63, 3.8) is 0 Å². The number of H-pyrrole nitrogens is 1. The minimum atomic E-state index is 0.684. The van der Waals surface area contributed by atoms with E-state index in [1.54, 1.807) is 0 Å². The molecule has 0 saturated carbocycles. The minimum Gasteiger partial charge on any atom is -0.494 e. The number of aromatic amines is 1. The maximum Gasteiger partial charge on any atom is 0.155 e. The number of benzene rings is 2. The van der Waals surface area contributed by atoms with Crippen LogP contribution in [-0.2, 0) is 6.54 Å². The van der Waals surface area contributed by atoms with Crippen LogP contribution in [0.5, 0.6) is 5.75 Å². The minimum absolute atomic E-state index is 0.684. The van der Waals surface area contributed by atoms with Crippen LogP contribution in [0.4, 0.5) is 5.69 Å². The van der Waals surface area contributed by atoms with E-state index in [1.165, 1.54) is 17.5 Å². The Morgan fingerprint density at radius 2 is 1.96 bits per heavy atom. The number of hydrogen-bond donors (Lipinski definition) is 2. The number of hydrogen-bond acceptors (Lipinski definition) is 4. The summed E-state index contributed by atoms with van der Waals surface area (Å²) < 4.78 is 5.45. The van der Waals surface area contributed by atoms with Gasteiger partial charge in [-0.1, -0.05) is 12.1 Å². The Kier molecular flexibility index (Phi) is 4.57. The van der Waals surface area contributed by atoms with Crippen molar-refractivity contribution in [3.05, 3.63) is 59.9 Å². The van der Waals surface area contributed by atoms with E-state index in [9.17, 15) is 0 Å². The molecule has 2 aromatic carbocycles. The van der Waals surface area contributed by atoms with Gasteiger partial charge in [-0.05, 0) is 55.3 Å². The molecule has 3 aromatic rings. The Morgan fingerprint density at radius 3 is 2.61 bits per heavy atom. The lowest BCUT2D eigenvalue weighted by molar-refractivity contribution is 0.340. The molecule has 0 aliphatic heterocycles. The Morgan fingerprint density at radius 1 is 1.13 bits per heavy atom. The van der Waals surface area contributed by atoms with Crippen LogP contribution in [0.25, 0.3) is 11.4 Å². The van der Waals surface area contributed by atoms with E-state index in [2.05, 4.69) is 45.6 Å². The maximum atomic E-state index is 5.45. The average molecular weight is 308 g/mol. The number of aryl methyl sites for hydroxylation is 1. The number of nitrogens with zero attached hydrogens (tertiary/aromatic N) is 2. The molecule has 1 heterocycles. The van der Waals surface area contributed by atoms with E-state index in [0.29, 0.717) is 6.61 Å². The van der Waals surface area contributed by atoms with Crippen LogP contribution in [0.1, 0.15) is 18.1 Å². The molecule has 0 amide bonds. The largest absolute Gasteiger partial charge is 0.494 e. The van der Waals surface area contributed by atoms with Gasteiger partial charge in [0.2, 0.25) is 0 Å². The molecule has 0 bridgehead atoms. The summed E-state index contributed by atoms with van der Waals surface area (Å²) in [6.07, 6.45) is 1.52. The SMILES string of the molecule is CCOc1ccc(NCc2ccc(-c3ncn[nH]3)cc2C)cc1. The van der Waals surface area contributed by atoms with Crippen molar-refractivity contribution < 1.29 is 4.74 Å². The van der Waals surface area contributed by atoms with Gasteiger partial charge in [-0.25, -0.2) is 4.98 Å². The Bertz CT molecular complexity index is 751. The predicted octanol–water partition coefficient (Wildman–Crippen LogP) is 3.79. The summed E-state index contributed by atoms with van der Waals surface area (Å²) in [6, 6.07) is 14.3. The van der Waals surface area contributed by atoms with Crippen LogP contribution in [0, 0.1) is 6.92 Å². The van der Waals surface area contributed by atoms with Gasteiger partial charge in [0.25, 0.3) is 0 Å². The number of aromatic nitrogens is 3. The first-order valence-corrected chi connectivity index (χ1v) is 7.68. The maximum absolute atomic E-state index is 5.45. The van der Waals surface area contributed by atoms with Crippen molar-refractivity contribution in [2.45, 2.75) is 20.4 Å². The molecule has 0 fully saturated rings. The second-order valence-corrected chi connectivity index (χ2v) is 5.29. The standard InChI is InChI=1S/C18H20N4O/c1-3-23-17-8-6-16(7-9-17)19-11-15-5-4-14(10-13(15)2)18-20-12-21-22-18/h4-10,12,19H,3,11H2,1-2H3,(H,20,21,22). The molecular weight excluding hydrogens is 288 g/mol. The van der Waals surface area contributed by atoms with Gasteiger partial charge < -0.3 is 10.1 Å². The lowest BCUT2D eigenvalue weighted by Crippen LogP contribution is -2.01. The van der Waals surface area contributed by atoms with Gasteiger partial charge in [-0.2, -0.15) is 5.10 Å². The third kappa shape index (κ3) is 3.69. The van der Waals surface area contributed by atoms with Crippen molar-refractivity contribution in [1.29, 1.82) is 0 Å². The highest BCUT2D eigenvalue weighted by Gasteiger charge is 2.04. The van der Waals surface area contributed by atoms with Gasteiger partial charge in [0.1, 0.15) is 12.1 Å². The van der Waals surface area contributed by atoms with Crippen molar-refractivity contribution in [1.82, 2.24) is 15.2 Å². The number of rotatable bonds is 6. The normalized spacial score (nSPS) is 10.5. The molecule has 0 atom stereocenters. The van der Waals surface area contributed by atoms with E-state index in [1.807, 2.05) is 31.2 Å². The molecule has 0 unspecified atom stereocenters. The Balaban J connectivity index is 1.66. The van der Waals surface area contributed by atoms with Crippen LogP contribution in [-0.4, -0.2) is 21.8 Å². The quantitative estimate of drug-likeness (QED) is 0.727. The van der Waals surface area contributed by atoms with Gasteiger partial charge in [-0.15, -0.1) is 0 Å². The summed E-state index contributed by atoms with van der Waals surface area (Å²) >= 11 is 0. The molecule has 3 rings (SSSR count). The summed E-state index contributed by atoms with van der Waals surface area (Å²) in [6.45, 7) is 5.55. The Labute approximate surface area is 135 Å². The van der Waals surface area contributed by atoms with E-state index < -0.39 is 0 Å². The fourth-order valence-electron chi connectivity index (χ4n) is 2.42. The van der Waals surface area contributed by atoms with Crippen LogP contribution in [0.3, 0.4) is 0 Å². The fraction of sp³-hybridized carbons (Fsp3) is 0.222. The second-order valence-electron chi connectivity index (χ2n) is 5.29. The van der Waals surface area contributed by atoms with Gasteiger partial charge in [0, 0.05) is 17.8 Å². The number of nitrogens with one attached hydrogen (secondary N) is 2. The topological polar surface area (TPSA) is 62.8 Å². The van der Waals surface area contributed by atoms with Gasteiger partial charge >= 0.3 is 0 Å². The summed E-state index contributed by atoms with van der Waals surface area (Å²) in [4.78, 5) is 4.18. The van der Waals surface area contributed by atoms with Crippen molar-refractivity contribution in [2.24, 2.45) is 0 Å². The summed E-state index contributed by atoms with van der Waals surface area (Å²) in [5.41, 5.74) is 4.59. The molecule has 0 spiro atoms. The molecule has 5 nitrogen and oxygen atoms in total. The third-order valence-electron chi connectivity index (χ3n) is 3.68. The lowest BCUT2D eigenvalue weighted by atomic mass is 10.0. The fourth-order valence-corrected chi connectivity index (χ4v) is 2.42. The molecular formula is C18H20N4O. The highest BCUT2D eigenvalue weighted by molar-refractivity contribution is 5.57. The molecule has 2 N–H and O–H groups in total. The Hall–Kier alpha value is -2.82. The van der Waals surface area contributed by atoms with Crippen molar-refractivity contribution in [2.75, 3.05) is 11.9 Å². The summed E-state index contributed by atoms with van der Waals surface area (Å²) in [5, 5.41) is 10.2. The lowest BCUT2D eigenvalue weighted by Gasteiger charge is -2.11. The average Bonchev–Trinajstić information content (AvgIpc) is 3.10. The first-order chi connectivity index (χ1) is 11.3.